The molecule has 7 nitrogen and oxygen atoms in total. The van der Waals surface area contributed by atoms with Crippen molar-refractivity contribution in [3.63, 3.8) is 0 Å². The normalized spacial score (nSPS) is 18.9. The molecule has 0 unspecified atom stereocenters. The van der Waals surface area contributed by atoms with E-state index in [1.807, 2.05) is 0 Å². The van der Waals surface area contributed by atoms with Crippen LogP contribution in [-0.2, 0) is 0 Å². The molecule has 29 heavy (non-hydrogen) atoms. The van der Waals surface area contributed by atoms with Crippen LogP contribution in [0.4, 0.5) is 17.6 Å². The maximum Gasteiger partial charge on any atom is 0.573 e. The SMILES string of the molecule is Oc1cc(-c2cnc(O[C@H]3C[C@@H](c4cc(F)cc(OC(F)(F)F)c4)C3)cn2)on1. The fourth-order valence-corrected chi connectivity index (χ4v) is 3.01. The molecule has 0 radical (unpaired) electrons. The van der Waals surface area contributed by atoms with Crippen molar-refractivity contribution in [2.75, 3.05) is 0 Å². The highest BCUT2D eigenvalue weighted by molar-refractivity contribution is 5.51. The molecule has 0 amide bonds. The number of aromatic hydroxyl groups is 1. The van der Waals surface area contributed by atoms with Gasteiger partial charge >= 0.3 is 6.36 Å². The molecule has 0 atom stereocenters. The van der Waals surface area contributed by atoms with Gasteiger partial charge in [-0.05, 0) is 41.6 Å². The minimum atomic E-state index is -4.88. The minimum Gasteiger partial charge on any atom is -0.491 e. The first-order valence-electron chi connectivity index (χ1n) is 8.46. The van der Waals surface area contributed by atoms with E-state index in [4.69, 9.17) is 9.26 Å². The third-order valence-electron chi connectivity index (χ3n) is 4.36. The number of ether oxygens (including phenoxy) is 2. The molecule has 1 N–H and O–H groups in total. The van der Waals surface area contributed by atoms with E-state index in [0.717, 1.165) is 0 Å². The molecule has 152 valence electrons. The first-order chi connectivity index (χ1) is 13.7. The summed E-state index contributed by atoms with van der Waals surface area (Å²) in [5, 5.41) is 12.5. The van der Waals surface area contributed by atoms with Gasteiger partial charge in [0.25, 0.3) is 5.88 Å². The summed E-state index contributed by atoms with van der Waals surface area (Å²) < 4.78 is 65.0. The average molecular weight is 411 g/mol. The summed E-state index contributed by atoms with van der Waals surface area (Å²) in [6, 6.07) is 4.34. The Bertz CT molecular complexity index is 1000. The minimum absolute atomic E-state index is 0.157. The lowest BCUT2D eigenvalue weighted by atomic mass is 9.77. The molecular formula is C18H13F4N3O4. The monoisotopic (exact) mass is 411 g/mol. The Kier molecular flexibility index (Phi) is 4.73. The predicted molar refractivity (Wildman–Crippen MR) is 88.7 cm³/mol. The Hall–Kier alpha value is -3.37. The largest absolute Gasteiger partial charge is 0.573 e. The number of alkyl halides is 3. The van der Waals surface area contributed by atoms with Crippen LogP contribution in [0.25, 0.3) is 11.5 Å². The fraction of sp³-hybridized carbons (Fsp3) is 0.278. The van der Waals surface area contributed by atoms with Crippen LogP contribution in [0.5, 0.6) is 17.5 Å². The van der Waals surface area contributed by atoms with Gasteiger partial charge in [-0.3, -0.25) is 0 Å². The molecule has 0 aliphatic heterocycles. The first-order valence-corrected chi connectivity index (χ1v) is 8.46. The average Bonchev–Trinajstić information content (AvgIpc) is 3.02. The van der Waals surface area contributed by atoms with Crippen molar-refractivity contribution in [3.05, 3.63) is 48.0 Å². The molecule has 3 aromatic rings. The first kappa shape index (κ1) is 19.0. The van der Waals surface area contributed by atoms with Gasteiger partial charge < -0.3 is 19.1 Å². The predicted octanol–water partition coefficient (Wildman–Crippen LogP) is 4.20. The summed E-state index contributed by atoms with van der Waals surface area (Å²) in [7, 11) is 0. The fourth-order valence-electron chi connectivity index (χ4n) is 3.01. The Morgan fingerprint density at radius 1 is 1.07 bits per heavy atom. The lowest BCUT2D eigenvalue weighted by molar-refractivity contribution is -0.274. The number of hydrogen-bond acceptors (Lipinski definition) is 7. The van der Waals surface area contributed by atoms with E-state index >= 15 is 0 Å². The third-order valence-corrected chi connectivity index (χ3v) is 4.36. The molecule has 1 aliphatic carbocycles. The van der Waals surface area contributed by atoms with Crippen LogP contribution in [0.2, 0.25) is 0 Å². The van der Waals surface area contributed by atoms with Gasteiger partial charge in [0.1, 0.15) is 23.4 Å². The maximum absolute atomic E-state index is 13.6. The summed E-state index contributed by atoms with van der Waals surface area (Å²) in [5.41, 5.74) is 0.768. The number of nitrogens with zero attached hydrogens (tertiary/aromatic N) is 3. The number of aromatic nitrogens is 3. The van der Waals surface area contributed by atoms with Crippen molar-refractivity contribution in [2.45, 2.75) is 31.2 Å². The molecule has 4 rings (SSSR count). The smallest absolute Gasteiger partial charge is 0.491 e. The van der Waals surface area contributed by atoms with Crippen LogP contribution < -0.4 is 9.47 Å². The van der Waals surface area contributed by atoms with Crippen molar-refractivity contribution in [1.29, 1.82) is 0 Å². The Morgan fingerprint density at radius 3 is 2.48 bits per heavy atom. The Labute approximate surface area is 160 Å². The van der Waals surface area contributed by atoms with E-state index < -0.39 is 17.9 Å². The van der Waals surface area contributed by atoms with Crippen molar-refractivity contribution in [1.82, 2.24) is 15.1 Å². The Balaban J connectivity index is 1.35. The summed E-state index contributed by atoms with van der Waals surface area (Å²) >= 11 is 0. The molecule has 0 spiro atoms. The maximum atomic E-state index is 13.6. The number of halogens is 4. The van der Waals surface area contributed by atoms with Gasteiger partial charge in [-0.1, -0.05) is 0 Å². The van der Waals surface area contributed by atoms with E-state index in [1.54, 1.807) is 0 Å². The summed E-state index contributed by atoms with van der Waals surface area (Å²) in [4.78, 5) is 8.20. The van der Waals surface area contributed by atoms with Crippen LogP contribution in [-0.4, -0.2) is 32.7 Å². The lowest BCUT2D eigenvalue weighted by Gasteiger charge is -2.35. The molecule has 1 fully saturated rings. The second-order valence-corrected chi connectivity index (χ2v) is 6.47. The standard InChI is InChI=1S/C18H13F4N3O4/c19-11-1-9(4-13(5-11)28-18(20,21)22)10-2-12(3-10)27-17-8-23-14(7-24-17)15-6-16(26)25-29-15/h1,4-8,10,12H,2-3H2,(H,25,26)/t10-,12+. The molecule has 1 saturated carbocycles. The van der Waals surface area contributed by atoms with Crippen molar-refractivity contribution in [2.24, 2.45) is 0 Å². The molecule has 1 aromatic carbocycles. The van der Waals surface area contributed by atoms with Crippen molar-refractivity contribution >= 4 is 0 Å². The summed E-state index contributed by atoms with van der Waals surface area (Å²) in [6.45, 7) is 0. The molecular weight excluding hydrogens is 398 g/mol. The van der Waals surface area contributed by atoms with Gasteiger partial charge in [-0.25, -0.2) is 14.4 Å². The highest BCUT2D eigenvalue weighted by Gasteiger charge is 2.35. The number of benzene rings is 1. The van der Waals surface area contributed by atoms with Crippen LogP contribution in [0, 0.1) is 5.82 Å². The zero-order valence-electron chi connectivity index (χ0n) is 14.6. The van der Waals surface area contributed by atoms with E-state index in [2.05, 4.69) is 19.9 Å². The van der Waals surface area contributed by atoms with Gasteiger partial charge in [0.05, 0.1) is 18.5 Å². The lowest BCUT2D eigenvalue weighted by Crippen LogP contribution is -2.32. The van der Waals surface area contributed by atoms with Crippen molar-refractivity contribution in [3.8, 4) is 29.0 Å². The highest BCUT2D eigenvalue weighted by Crippen LogP contribution is 2.40. The van der Waals surface area contributed by atoms with Gasteiger partial charge in [-0.2, -0.15) is 0 Å². The summed E-state index contributed by atoms with van der Waals surface area (Å²) in [6.07, 6.45) is -1.39. The highest BCUT2D eigenvalue weighted by atomic mass is 19.4. The van der Waals surface area contributed by atoms with E-state index in [9.17, 15) is 22.7 Å². The molecule has 2 aromatic heterocycles. The van der Waals surface area contributed by atoms with Gasteiger partial charge in [0.15, 0.2) is 5.76 Å². The van der Waals surface area contributed by atoms with Gasteiger partial charge in [0, 0.05) is 6.07 Å². The second kappa shape index (κ2) is 7.22. The molecule has 1 aliphatic rings. The second-order valence-electron chi connectivity index (χ2n) is 6.47. The molecule has 0 saturated heterocycles. The number of hydrogen-bond donors (Lipinski definition) is 1. The van der Waals surface area contributed by atoms with Crippen LogP contribution in [0.15, 0.2) is 41.2 Å². The molecule has 11 heteroatoms. The van der Waals surface area contributed by atoms with E-state index in [0.29, 0.717) is 30.2 Å². The quantitative estimate of drug-likeness (QED) is 0.630. The number of rotatable bonds is 5. The zero-order chi connectivity index (χ0) is 20.6. The summed E-state index contributed by atoms with van der Waals surface area (Å²) in [5.74, 6) is -1.32. The van der Waals surface area contributed by atoms with E-state index in [-0.39, 0.29) is 29.5 Å². The zero-order valence-corrected chi connectivity index (χ0v) is 14.6. The van der Waals surface area contributed by atoms with E-state index in [1.165, 1.54) is 30.6 Å². The van der Waals surface area contributed by atoms with Crippen LogP contribution in [0.1, 0.15) is 24.3 Å². The molecule has 2 heterocycles. The third kappa shape index (κ3) is 4.55. The Morgan fingerprint density at radius 2 is 1.86 bits per heavy atom. The van der Waals surface area contributed by atoms with Gasteiger partial charge in [0.2, 0.25) is 5.88 Å². The topological polar surface area (TPSA) is 90.5 Å². The van der Waals surface area contributed by atoms with Crippen LogP contribution in [0.3, 0.4) is 0 Å². The van der Waals surface area contributed by atoms with Crippen LogP contribution >= 0.6 is 0 Å². The van der Waals surface area contributed by atoms with Gasteiger partial charge in [-0.15, -0.1) is 13.2 Å². The molecule has 0 bridgehead atoms. The van der Waals surface area contributed by atoms with Crippen molar-refractivity contribution < 1.29 is 36.7 Å².